The lowest BCUT2D eigenvalue weighted by Crippen LogP contribution is -2.37. The average Bonchev–Trinajstić information content (AvgIpc) is 2.66. The first-order chi connectivity index (χ1) is 7.63. The van der Waals surface area contributed by atoms with Gasteiger partial charge in [0.15, 0.2) is 0 Å². The SMILES string of the molecule is CCCCNC(=O)CN1CCC(C(C)O)C1. The van der Waals surface area contributed by atoms with Crippen molar-refractivity contribution in [3.8, 4) is 0 Å². The standard InChI is InChI=1S/C12H24N2O2/c1-3-4-6-13-12(16)9-14-7-5-11(8-14)10(2)15/h10-11,15H,3-9H2,1-2H3,(H,13,16). The molecule has 1 fully saturated rings. The van der Waals surface area contributed by atoms with Gasteiger partial charge in [-0.3, -0.25) is 9.69 Å². The molecule has 0 radical (unpaired) electrons. The first kappa shape index (κ1) is 13.5. The highest BCUT2D eigenvalue weighted by atomic mass is 16.3. The molecule has 16 heavy (non-hydrogen) atoms. The molecule has 1 heterocycles. The van der Waals surface area contributed by atoms with Gasteiger partial charge in [0, 0.05) is 13.1 Å². The number of hydrogen-bond acceptors (Lipinski definition) is 3. The Morgan fingerprint density at radius 3 is 2.94 bits per heavy atom. The summed E-state index contributed by atoms with van der Waals surface area (Å²) in [5, 5.41) is 12.4. The minimum absolute atomic E-state index is 0.111. The van der Waals surface area contributed by atoms with Gasteiger partial charge >= 0.3 is 0 Å². The van der Waals surface area contributed by atoms with Crippen LogP contribution in [0.4, 0.5) is 0 Å². The summed E-state index contributed by atoms with van der Waals surface area (Å²) in [6, 6.07) is 0. The molecule has 0 bridgehead atoms. The van der Waals surface area contributed by atoms with Gasteiger partial charge in [-0.1, -0.05) is 13.3 Å². The largest absolute Gasteiger partial charge is 0.393 e. The van der Waals surface area contributed by atoms with Crippen molar-refractivity contribution in [2.45, 2.75) is 39.2 Å². The van der Waals surface area contributed by atoms with Gasteiger partial charge in [-0.25, -0.2) is 0 Å². The van der Waals surface area contributed by atoms with E-state index in [9.17, 15) is 9.90 Å². The molecule has 1 aliphatic heterocycles. The van der Waals surface area contributed by atoms with Crippen LogP contribution in [0, 0.1) is 5.92 Å². The van der Waals surface area contributed by atoms with E-state index in [4.69, 9.17) is 0 Å². The van der Waals surface area contributed by atoms with Crippen molar-refractivity contribution in [3.05, 3.63) is 0 Å². The molecule has 94 valence electrons. The monoisotopic (exact) mass is 228 g/mol. The maximum atomic E-state index is 11.5. The van der Waals surface area contributed by atoms with E-state index in [1.807, 2.05) is 6.92 Å². The van der Waals surface area contributed by atoms with E-state index in [1.54, 1.807) is 0 Å². The minimum atomic E-state index is -0.256. The molecule has 2 atom stereocenters. The van der Waals surface area contributed by atoms with Gasteiger partial charge in [-0.05, 0) is 32.2 Å². The summed E-state index contributed by atoms with van der Waals surface area (Å²) in [5.74, 6) is 0.447. The van der Waals surface area contributed by atoms with E-state index >= 15 is 0 Å². The molecule has 1 rings (SSSR count). The highest BCUT2D eigenvalue weighted by molar-refractivity contribution is 5.77. The number of hydrogen-bond donors (Lipinski definition) is 2. The predicted molar refractivity (Wildman–Crippen MR) is 64.1 cm³/mol. The molecule has 0 aromatic carbocycles. The molecular weight excluding hydrogens is 204 g/mol. The smallest absolute Gasteiger partial charge is 0.234 e. The van der Waals surface area contributed by atoms with Gasteiger partial charge in [0.25, 0.3) is 0 Å². The Hall–Kier alpha value is -0.610. The summed E-state index contributed by atoms with van der Waals surface area (Å²) in [6.07, 6.45) is 2.89. The van der Waals surface area contributed by atoms with E-state index in [-0.39, 0.29) is 12.0 Å². The summed E-state index contributed by atoms with van der Waals surface area (Å²) >= 11 is 0. The molecule has 4 heteroatoms. The number of aliphatic hydroxyl groups is 1. The normalized spacial score (nSPS) is 23.3. The number of carbonyl (C=O) groups excluding carboxylic acids is 1. The Morgan fingerprint density at radius 1 is 1.62 bits per heavy atom. The molecule has 1 amide bonds. The van der Waals surface area contributed by atoms with Crippen LogP contribution >= 0.6 is 0 Å². The molecular formula is C12H24N2O2. The van der Waals surface area contributed by atoms with Crippen LogP contribution in [-0.2, 0) is 4.79 Å². The average molecular weight is 228 g/mol. The summed E-state index contributed by atoms with van der Waals surface area (Å²) in [4.78, 5) is 13.7. The number of amides is 1. The number of carbonyl (C=O) groups is 1. The summed E-state index contributed by atoms with van der Waals surface area (Å²) < 4.78 is 0. The fourth-order valence-corrected chi connectivity index (χ4v) is 2.06. The Bertz CT molecular complexity index is 219. The Labute approximate surface area is 98.0 Å². The fraction of sp³-hybridized carbons (Fsp3) is 0.917. The van der Waals surface area contributed by atoms with E-state index < -0.39 is 0 Å². The predicted octanol–water partition coefficient (Wildman–Crippen LogP) is 0.605. The second-order valence-electron chi connectivity index (χ2n) is 4.73. The second-order valence-corrected chi connectivity index (χ2v) is 4.73. The molecule has 2 unspecified atom stereocenters. The third-order valence-corrected chi connectivity index (χ3v) is 3.21. The van der Waals surface area contributed by atoms with Crippen molar-refractivity contribution in [3.63, 3.8) is 0 Å². The number of likely N-dealkylation sites (tertiary alicyclic amines) is 1. The Kier molecular flexibility index (Phi) is 5.77. The second kappa shape index (κ2) is 6.86. The van der Waals surface area contributed by atoms with Crippen molar-refractivity contribution in [1.82, 2.24) is 10.2 Å². The van der Waals surface area contributed by atoms with Crippen molar-refractivity contribution >= 4 is 5.91 Å². The molecule has 0 aromatic rings. The molecule has 1 saturated heterocycles. The quantitative estimate of drug-likeness (QED) is 0.655. The zero-order valence-electron chi connectivity index (χ0n) is 10.4. The molecule has 0 aliphatic carbocycles. The number of nitrogens with one attached hydrogen (secondary N) is 1. The lowest BCUT2D eigenvalue weighted by Gasteiger charge is -2.16. The lowest BCUT2D eigenvalue weighted by molar-refractivity contribution is -0.122. The van der Waals surface area contributed by atoms with Crippen molar-refractivity contribution in [1.29, 1.82) is 0 Å². The van der Waals surface area contributed by atoms with Crippen LogP contribution < -0.4 is 5.32 Å². The Balaban J connectivity index is 2.16. The zero-order chi connectivity index (χ0) is 12.0. The molecule has 2 N–H and O–H groups in total. The van der Waals surface area contributed by atoms with E-state index in [0.717, 1.165) is 38.9 Å². The van der Waals surface area contributed by atoms with Gasteiger partial charge < -0.3 is 10.4 Å². The molecule has 1 aliphatic rings. The van der Waals surface area contributed by atoms with Crippen molar-refractivity contribution < 1.29 is 9.90 Å². The van der Waals surface area contributed by atoms with Crippen LogP contribution in [-0.4, -0.2) is 48.2 Å². The summed E-state index contributed by atoms with van der Waals surface area (Å²) in [5.41, 5.74) is 0. The maximum absolute atomic E-state index is 11.5. The van der Waals surface area contributed by atoms with Crippen LogP contribution in [0.2, 0.25) is 0 Å². The van der Waals surface area contributed by atoms with E-state index in [0.29, 0.717) is 12.5 Å². The number of nitrogens with zero attached hydrogens (tertiary/aromatic N) is 1. The van der Waals surface area contributed by atoms with Crippen LogP contribution in [0.15, 0.2) is 0 Å². The lowest BCUT2D eigenvalue weighted by atomic mass is 10.0. The van der Waals surface area contributed by atoms with Gasteiger partial charge in [-0.15, -0.1) is 0 Å². The third kappa shape index (κ3) is 4.49. The topological polar surface area (TPSA) is 52.6 Å². The minimum Gasteiger partial charge on any atom is -0.393 e. The first-order valence-electron chi connectivity index (χ1n) is 6.30. The highest BCUT2D eigenvalue weighted by Gasteiger charge is 2.26. The van der Waals surface area contributed by atoms with Crippen LogP contribution in [0.25, 0.3) is 0 Å². The number of unbranched alkanes of at least 4 members (excludes halogenated alkanes) is 1. The molecule has 0 spiro atoms. The Morgan fingerprint density at radius 2 is 2.38 bits per heavy atom. The van der Waals surface area contributed by atoms with Crippen LogP contribution in [0.1, 0.15) is 33.1 Å². The highest BCUT2D eigenvalue weighted by Crippen LogP contribution is 2.18. The van der Waals surface area contributed by atoms with Gasteiger partial charge in [-0.2, -0.15) is 0 Å². The van der Waals surface area contributed by atoms with E-state index in [1.165, 1.54) is 0 Å². The van der Waals surface area contributed by atoms with E-state index in [2.05, 4.69) is 17.1 Å². The molecule has 0 aromatic heterocycles. The fourth-order valence-electron chi connectivity index (χ4n) is 2.06. The van der Waals surface area contributed by atoms with Gasteiger partial charge in [0.05, 0.1) is 12.6 Å². The van der Waals surface area contributed by atoms with Crippen molar-refractivity contribution in [2.75, 3.05) is 26.2 Å². The van der Waals surface area contributed by atoms with Crippen LogP contribution in [0.3, 0.4) is 0 Å². The number of aliphatic hydroxyl groups excluding tert-OH is 1. The summed E-state index contributed by atoms with van der Waals surface area (Å²) in [7, 11) is 0. The van der Waals surface area contributed by atoms with Gasteiger partial charge in [0.1, 0.15) is 0 Å². The first-order valence-corrected chi connectivity index (χ1v) is 6.30. The van der Waals surface area contributed by atoms with Crippen molar-refractivity contribution in [2.24, 2.45) is 5.92 Å². The molecule has 4 nitrogen and oxygen atoms in total. The number of rotatable bonds is 6. The molecule has 0 saturated carbocycles. The zero-order valence-corrected chi connectivity index (χ0v) is 10.4. The maximum Gasteiger partial charge on any atom is 0.234 e. The summed E-state index contributed by atoms with van der Waals surface area (Å²) in [6.45, 7) is 6.97. The third-order valence-electron chi connectivity index (χ3n) is 3.21. The van der Waals surface area contributed by atoms with Crippen LogP contribution in [0.5, 0.6) is 0 Å². The van der Waals surface area contributed by atoms with Gasteiger partial charge in [0.2, 0.25) is 5.91 Å².